The molecule has 0 heterocycles. The molecule has 1 aromatic carbocycles. The first-order chi connectivity index (χ1) is 6.13. The quantitative estimate of drug-likeness (QED) is 0.824. The second-order valence-corrected chi connectivity index (χ2v) is 3.43. The smallest absolute Gasteiger partial charge is 0.411 e. The van der Waals surface area contributed by atoms with Gasteiger partial charge in [0.05, 0.1) is 7.11 Å². The van der Waals surface area contributed by atoms with Gasteiger partial charge in [0.15, 0.2) is 0 Å². The maximum atomic E-state index is 10.8. The summed E-state index contributed by atoms with van der Waals surface area (Å²) in [6, 6.07) is 5.54. The standard InChI is InChI=1S/C9H10BrNO2/c1-6-5-7(3-4-8(6)10)11-9(12)13-2/h3-5H,1-2H3,(H,11,12). The molecular weight excluding hydrogens is 234 g/mol. The number of amides is 1. The first kappa shape index (κ1) is 10.1. The molecule has 70 valence electrons. The zero-order chi connectivity index (χ0) is 9.84. The molecule has 0 unspecified atom stereocenters. The fourth-order valence-electron chi connectivity index (χ4n) is 0.891. The fourth-order valence-corrected chi connectivity index (χ4v) is 1.14. The van der Waals surface area contributed by atoms with Crippen LogP contribution >= 0.6 is 15.9 Å². The van der Waals surface area contributed by atoms with Crippen LogP contribution in [0.15, 0.2) is 22.7 Å². The summed E-state index contributed by atoms with van der Waals surface area (Å²) < 4.78 is 5.48. The summed E-state index contributed by atoms with van der Waals surface area (Å²) in [7, 11) is 1.33. The van der Waals surface area contributed by atoms with Gasteiger partial charge >= 0.3 is 6.09 Å². The molecule has 1 rings (SSSR count). The van der Waals surface area contributed by atoms with E-state index < -0.39 is 6.09 Å². The molecular formula is C9H10BrNO2. The van der Waals surface area contributed by atoms with Gasteiger partial charge in [0.1, 0.15) is 0 Å². The molecule has 0 saturated carbocycles. The molecule has 0 spiro atoms. The van der Waals surface area contributed by atoms with Gasteiger partial charge in [-0.05, 0) is 30.7 Å². The highest BCUT2D eigenvalue weighted by atomic mass is 79.9. The van der Waals surface area contributed by atoms with Crippen molar-refractivity contribution in [2.45, 2.75) is 6.92 Å². The number of nitrogens with one attached hydrogen (secondary N) is 1. The highest BCUT2D eigenvalue weighted by Gasteiger charge is 2.01. The minimum atomic E-state index is -0.457. The minimum absolute atomic E-state index is 0.457. The Morgan fingerprint density at radius 3 is 2.77 bits per heavy atom. The lowest BCUT2D eigenvalue weighted by Crippen LogP contribution is -2.10. The van der Waals surface area contributed by atoms with E-state index in [2.05, 4.69) is 26.0 Å². The third kappa shape index (κ3) is 2.73. The first-order valence-electron chi connectivity index (χ1n) is 3.74. The van der Waals surface area contributed by atoms with Crippen molar-refractivity contribution in [3.8, 4) is 0 Å². The molecule has 1 N–H and O–H groups in total. The average molecular weight is 244 g/mol. The van der Waals surface area contributed by atoms with Crippen LogP contribution in [-0.4, -0.2) is 13.2 Å². The van der Waals surface area contributed by atoms with Crippen molar-refractivity contribution < 1.29 is 9.53 Å². The Bertz CT molecular complexity index is 325. The molecule has 0 atom stereocenters. The average Bonchev–Trinajstić information content (AvgIpc) is 2.11. The normalized spacial score (nSPS) is 9.46. The predicted molar refractivity (Wildman–Crippen MR) is 54.9 cm³/mol. The van der Waals surface area contributed by atoms with Crippen LogP contribution in [0.25, 0.3) is 0 Å². The third-order valence-corrected chi connectivity index (χ3v) is 2.48. The van der Waals surface area contributed by atoms with E-state index in [1.165, 1.54) is 7.11 Å². The highest BCUT2D eigenvalue weighted by molar-refractivity contribution is 9.10. The van der Waals surface area contributed by atoms with E-state index in [1.807, 2.05) is 19.1 Å². The fraction of sp³-hybridized carbons (Fsp3) is 0.222. The van der Waals surface area contributed by atoms with Gasteiger partial charge < -0.3 is 4.74 Å². The number of aryl methyl sites for hydroxylation is 1. The molecule has 1 aromatic rings. The molecule has 0 aliphatic rings. The van der Waals surface area contributed by atoms with Gasteiger partial charge in [0, 0.05) is 10.2 Å². The SMILES string of the molecule is COC(=O)Nc1ccc(Br)c(C)c1. The lowest BCUT2D eigenvalue weighted by atomic mass is 10.2. The van der Waals surface area contributed by atoms with E-state index in [0.29, 0.717) is 0 Å². The summed E-state index contributed by atoms with van der Waals surface area (Å²) in [5.74, 6) is 0. The Morgan fingerprint density at radius 2 is 2.23 bits per heavy atom. The summed E-state index contributed by atoms with van der Waals surface area (Å²) in [6.07, 6.45) is -0.457. The van der Waals surface area contributed by atoms with Crippen LogP contribution in [0.4, 0.5) is 10.5 Å². The number of rotatable bonds is 1. The maximum absolute atomic E-state index is 10.8. The van der Waals surface area contributed by atoms with Gasteiger partial charge in [-0.2, -0.15) is 0 Å². The number of carbonyl (C=O) groups excluding carboxylic acids is 1. The highest BCUT2D eigenvalue weighted by Crippen LogP contribution is 2.19. The lowest BCUT2D eigenvalue weighted by Gasteiger charge is -2.05. The Morgan fingerprint density at radius 1 is 1.54 bits per heavy atom. The zero-order valence-electron chi connectivity index (χ0n) is 7.43. The Balaban J connectivity index is 2.79. The number of anilines is 1. The molecule has 4 heteroatoms. The van der Waals surface area contributed by atoms with Crippen LogP contribution in [0.3, 0.4) is 0 Å². The zero-order valence-corrected chi connectivity index (χ0v) is 9.01. The van der Waals surface area contributed by atoms with E-state index in [1.54, 1.807) is 6.07 Å². The summed E-state index contributed by atoms with van der Waals surface area (Å²) in [5, 5.41) is 2.58. The van der Waals surface area contributed by atoms with Crippen molar-refractivity contribution in [3.05, 3.63) is 28.2 Å². The molecule has 1 amide bonds. The topological polar surface area (TPSA) is 38.3 Å². The Kier molecular flexibility index (Phi) is 3.31. The van der Waals surface area contributed by atoms with Crippen LogP contribution in [0.2, 0.25) is 0 Å². The van der Waals surface area contributed by atoms with E-state index >= 15 is 0 Å². The minimum Gasteiger partial charge on any atom is -0.453 e. The summed E-state index contributed by atoms with van der Waals surface area (Å²) >= 11 is 3.37. The van der Waals surface area contributed by atoms with Gasteiger partial charge in [-0.25, -0.2) is 4.79 Å². The van der Waals surface area contributed by atoms with Crippen LogP contribution < -0.4 is 5.32 Å². The second-order valence-electron chi connectivity index (χ2n) is 2.58. The van der Waals surface area contributed by atoms with Crippen molar-refractivity contribution in [1.82, 2.24) is 0 Å². The lowest BCUT2D eigenvalue weighted by molar-refractivity contribution is 0.187. The van der Waals surface area contributed by atoms with Gasteiger partial charge in [0.2, 0.25) is 0 Å². The number of hydrogen-bond acceptors (Lipinski definition) is 2. The van der Waals surface area contributed by atoms with E-state index in [9.17, 15) is 4.79 Å². The van der Waals surface area contributed by atoms with Gasteiger partial charge in [-0.15, -0.1) is 0 Å². The van der Waals surface area contributed by atoms with Gasteiger partial charge in [-0.3, -0.25) is 5.32 Å². The number of ether oxygens (including phenoxy) is 1. The summed E-state index contributed by atoms with van der Waals surface area (Å²) in [5.41, 5.74) is 1.79. The molecule has 0 aliphatic heterocycles. The van der Waals surface area contributed by atoms with Gasteiger partial charge in [-0.1, -0.05) is 15.9 Å². The largest absolute Gasteiger partial charge is 0.453 e. The molecule has 0 radical (unpaired) electrons. The van der Waals surface area contributed by atoms with E-state index in [0.717, 1.165) is 15.7 Å². The maximum Gasteiger partial charge on any atom is 0.411 e. The molecule has 0 fully saturated rings. The van der Waals surface area contributed by atoms with E-state index in [-0.39, 0.29) is 0 Å². The second kappa shape index (κ2) is 4.28. The number of methoxy groups -OCH3 is 1. The van der Waals surface area contributed by atoms with Crippen LogP contribution in [0, 0.1) is 6.92 Å². The molecule has 3 nitrogen and oxygen atoms in total. The van der Waals surface area contributed by atoms with Crippen molar-refractivity contribution in [2.75, 3.05) is 12.4 Å². The number of hydrogen-bond donors (Lipinski definition) is 1. The van der Waals surface area contributed by atoms with Crippen molar-refractivity contribution in [1.29, 1.82) is 0 Å². The van der Waals surface area contributed by atoms with Crippen LogP contribution in [0.5, 0.6) is 0 Å². The predicted octanol–water partition coefficient (Wildman–Crippen LogP) is 2.94. The number of carbonyl (C=O) groups is 1. The van der Waals surface area contributed by atoms with Crippen molar-refractivity contribution in [3.63, 3.8) is 0 Å². The Hall–Kier alpha value is -1.03. The Labute approximate surface area is 85.2 Å². The molecule has 13 heavy (non-hydrogen) atoms. The molecule has 0 saturated heterocycles. The van der Waals surface area contributed by atoms with Crippen LogP contribution in [0.1, 0.15) is 5.56 Å². The molecule has 0 aliphatic carbocycles. The molecule has 0 bridgehead atoms. The van der Waals surface area contributed by atoms with E-state index in [4.69, 9.17) is 0 Å². The number of benzene rings is 1. The molecule has 0 aromatic heterocycles. The van der Waals surface area contributed by atoms with Crippen LogP contribution in [-0.2, 0) is 4.74 Å². The summed E-state index contributed by atoms with van der Waals surface area (Å²) in [4.78, 5) is 10.8. The number of halogens is 1. The first-order valence-corrected chi connectivity index (χ1v) is 4.54. The van der Waals surface area contributed by atoms with Crippen molar-refractivity contribution in [2.24, 2.45) is 0 Å². The van der Waals surface area contributed by atoms with Crippen molar-refractivity contribution >= 4 is 27.7 Å². The third-order valence-electron chi connectivity index (χ3n) is 1.59. The summed E-state index contributed by atoms with van der Waals surface area (Å²) in [6.45, 7) is 1.95. The monoisotopic (exact) mass is 243 g/mol. The van der Waals surface area contributed by atoms with Gasteiger partial charge in [0.25, 0.3) is 0 Å².